The van der Waals surface area contributed by atoms with Gasteiger partial charge in [-0.15, -0.1) is 12.4 Å². The molecule has 1 aliphatic carbocycles. The van der Waals surface area contributed by atoms with Gasteiger partial charge in [-0.05, 0) is 43.5 Å². The normalized spacial score (nSPS) is 23.2. The number of halogens is 1. The van der Waals surface area contributed by atoms with E-state index in [0.29, 0.717) is 31.7 Å². The molecule has 2 amide bonds. The molecule has 144 valence electrons. The fourth-order valence-electron chi connectivity index (χ4n) is 3.76. The Hall–Kier alpha value is -1.79. The Morgan fingerprint density at radius 2 is 1.65 bits per heavy atom. The number of ether oxygens (including phenoxy) is 1. The standard InChI is InChI=1S/C19H27N3O3.ClH/c1-25-17-7-5-14(6-8-17)18(23)21-9-11-22(12-10-21)19(24)15-3-2-4-16(20)13-15;/h5-8,15-16H,2-4,9-13,20H2,1H3;1H. The van der Waals surface area contributed by atoms with Crippen molar-refractivity contribution in [2.45, 2.75) is 31.7 Å². The van der Waals surface area contributed by atoms with Gasteiger partial charge in [-0.2, -0.15) is 0 Å². The van der Waals surface area contributed by atoms with Crippen LogP contribution in [0.15, 0.2) is 24.3 Å². The summed E-state index contributed by atoms with van der Waals surface area (Å²) in [6, 6.07) is 7.30. The first kappa shape index (κ1) is 20.5. The molecule has 0 radical (unpaired) electrons. The van der Waals surface area contributed by atoms with Gasteiger partial charge in [-0.3, -0.25) is 9.59 Å². The molecule has 1 aromatic rings. The summed E-state index contributed by atoms with van der Waals surface area (Å²) in [5.74, 6) is 1.02. The lowest BCUT2D eigenvalue weighted by molar-refractivity contribution is -0.138. The Bertz CT molecular complexity index is 615. The van der Waals surface area contributed by atoms with Crippen molar-refractivity contribution in [1.82, 2.24) is 9.80 Å². The maximum absolute atomic E-state index is 12.7. The van der Waals surface area contributed by atoms with E-state index >= 15 is 0 Å². The number of amides is 2. The molecule has 2 N–H and O–H groups in total. The number of nitrogens with zero attached hydrogens (tertiary/aromatic N) is 2. The lowest BCUT2D eigenvalue weighted by Gasteiger charge is -2.37. The largest absolute Gasteiger partial charge is 0.497 e. The van der Waals surface area contributed by atoms with Gasteiger partial charge in [0.2, 0.25) is 5.91 Å². The molecule has 2 atom stereocenters. The summed E-state index contributed by atoms with van der Waals surface area (Å²) in [6.07, 6.45) is 3.79. The van der Waals surface area contributed by atoms with Crippen LogP contribution in [0, 0.1) is 5.92 Å². The summed E-state index contributed by atoms with van der Waals surface area (Å²) in [4.78, 5) is 29.0. The van der Waals surface area contributed by atoms with Crippen molar-refractivity contribution in [2.75, 3.05) is 33.3 Å². The minimum Gasteiger partial charge on any atom is -0.497 e. The highest BCUT2D eigenvalue weighted by Gasteiger charge is 2.31. The van der Waals surface area contributed by atoms with Gasteiger partial charge in [0, 0.05) is 43.7 Å². The molecular weight excluding hydrogens is 354 g/mol. The van der Waals surface area contributed by atoms with Crippen LogP contribution in [0.4, 0.5) is 0 Å². The molecule has 7 heteroatoms. The van der Waals surface area contributed by atoms with Gasteiger partial charge in [-0.25, -0.2) is 0 Å². The number of hydrogen-bond donors (Lipinski definition) is 1. The van der Waals surface area contributed by atoms with Crippen LogP contribution in [0.25, 0.3) is 0 Å². The fourth-order valence-corrected chi connectivity index (χ4v) is 3.76. The van der Waals surface area contributed by atoms with E-state index in [2.05, 4.69) is 0 Å². The zero-order valence-corrected chi connectivity index (χ0v) is 16.0. The Kier molecular flexibility index (Phi) is 7.29. The predicted octanol–water partition coefficient (Wildman–Crippen LogP) is 1.92. The van der Waals surface area contributed by atoms with Crippen LogP contribution < -0.4 is 10.5 Å². The molecule has 2 fully saturated rings. The summed E-state index contributed by atoms with van der Waals surface area (Å²) in [6.45, 7) is 2.36. The van der Waals surface area contributed by atoms with Crippen LogP contribution in [-0.4, -0.2) is 60.9 Å². The van der Waals surface area contributed by atoms with E-state index in [1.807, 2.05) is 9.80 Å². The number of piperazine rings is 1. The highest BCUT2D eigenvalue weighted by molar-refractivity contribution is 5.94. The fraction of sp³-hybridized carbons (Fsp3) is 0.579. The average molecular weight is 382 g/mol. The third-order valence-corrected chi connectivity index (χ3v) is 5.28. The lowest BCUT2D eigenvalue weighted by Crippen LogP contribution is -2.52. The smallest absolute Gasteiger partial charge is 0.253 e. The van der Waals surface area contributed by atoms with Crippen LogP contribution in [0.2, 0.25) is 0 Å². The number of carbonyl (C=O) groups is 2. The van der Waals surface area contributed by atoms with E-state index in [4.69, 9.17) is 10.5 Å². The van der Waals surface area contributed by atoms with Gasteiger partial charge in [-0.1, -0.05) is 6.42 Å². The summed E-state index contributed by atoms with van der Waals surface area (Å²) < 4.78 is 5.12. The maximum Gasteiger partial charge on any atom is 0.253 e. The van der Waals surface area contributed by atoms with Crippen LogP contribution >= 0.6 is 12.4 Å². The SMILES string of the molecule is COc1ccc(C(=O)N2CCN(C(=O)C3CCCC(N)C3)CC2)cc1.Cl. The highest BCUT2D eigenvalue weighted by Crippen LogP contribution is 2.25. The zero-order valence-electron chi connectivity index (χ0n) is 15.2. The van der Waals surface area contributed by atoms with Crippen molar-refractivity contribution in [3.63, 3.8) is 0 Å². The number of carbonyl (C=O) groups excluding carboxylic acids is 2. The Balaban J connectivity index is 0.00000243. The molecule has 26 heavy (non-hydrogen) atoms. The first-order valence-electron chi connectivity index (χ1n) is 9.06. The van der Waals surface area contributed by atoms with Crippen LogP contribution in [0.3, 0.4) is 0 Å². The quantitative estimate of drug-likeness (QED) is 0.867. The summed E-state index contributed by atoms with van der Waals surface area (Å²) in [7, 11) is 1.60. The first-order chi connectivity index (χ1) is 12.1. The number of benzene rings is 1. The molecule has 3 rings (SSSR count). The average Bonchev–Trinajstić information content (AvgIpc) is 2.67. The molecule has 1 saturated carbocycles. The second-order valence-corrected chi connectivity index (χ2v) is 6.97. The second kappa shape index (κ2) is 9.24. The van der Waals surface area contributed by atoms with Gasteiger partial charge in [0.1, 0.15) is 5.75 Å². The van der Waals surface area contributed by atoms with Crippen LogP contribution in [0.5, 0.6) is 5.75 Å². The molecule has 0 spiro atoms. The molecule has 1 heterocycles. The van der Waals surface area contributed by atoms with Crippen molar-refractivity contribution in [3.05, 3.63) is 29.8 Å². The molecule has 0 aromatic heterocycles. The van der Waals surface area contributed by atoms with Gasteiger partial charge in [0.05, 0.1) is 7.11 Å². The first-order valence-corrected chi connectivity index (χ1v) is 9.06. The molecule has 6 nitrogen and oxygen atoms in total. The Morgan fingerprint density at radius 3 is 2.23 bits per heavy atom. The van der Waals surface area contributed by atoms with Crippen LogP contribution in [-0.2, 0) is 4.79 Å². The minimum absolute atomic E-state index is 0. The van der Waals surface area contributed by atoms with E-state index in [-0.39, 0.29) is 36.2 Å². The Labute approximate surface area is 161 Å². The molecule has 2 unspecified atom stereocenters. The van der Waals surface area contributed by atoms with Crippen LogP contribution in [0.1, 0.15) is 36.0 Å². The van der Waals surface area contributed by atoms with Crippen molar-refractivity contribution in [2.24, 2.45) is 11.7 Å². The summed E-state index contributed by atoms with van der Waals surface area (Å²) in [5, 5.41) is 0. The van der Waals surface area contributed by atoms with Gasteiger partial charge in [0.25, 0.3) is 5.91 Å². The summed E-state index contributed by atoms with van der Waals surface area (Å²) in [5.41, 5.74) is 6.66. The third kappa shape index (κ3) is 4.68. The maximum atomic E-state index is 12.7. The second-order valence-electron chi connectivity index (χ2n) is 6.97. The Morgan fingerprint density at radius 1 is 1.04 bits per heavy atom. The van der Waals surface area contributed by atoms with E-state index < -0.39 is 0 Å². The molecular formula is C19H28ClN3O3. The molecule has 0 bridgehead atoms. The van der Waals surface area contributed by atoms with E-state index in [1.165, 1.54) is 0 Å². The van der Waals surface area contributed by atoms with Gasteiger partial charge >= 0.3 is 0 Å². The zero-order chi connectivity index (χ0) is 17.8. The number of methoxy groups -OCH3 is 1. The minimum atomic E-state index is 0. The van der Waals surface area contributed by atoms with Crippen molar-refractivity contribution in [1.29, 1.82) is 0 Å². The number of hydrogen-bond acceptors (Lipinski definition) is 4. The van der Waals surface area contributed by atoms with Gasteiger partial charge < -0.3 is 20.3 Å². The predicted molar refractivity (Wildman–Crippen MR) is 103 cm³/mol. The highest BCUT2D eigenvalue weighted by atomic mass is 35.5. The van der Waals surface area contributed by atoms with Crippen molar-refractivity contribution >= 4 is 24.2 Å². The number of nitrogens with two attached hydrogens (primary N) is 1. The topological polar surface area (TPSA) is 75.9 Å². The lowest BCUT2D eigenvalue weighted by atomic mass is 9.85. The van der Waals surface area contributed by atoms with E-state index in [1.54, 1.807) is 31.4 Å². The molecule has 1 aliphatic heterocycles. The van der Waals surface area contributed by atoms with Gasteiger partial charge in [0.15, 0.2) is 0 Å². The third-order valence-electron chi connectivity index (χ3n) is 5.28. The molecule has 1 saturated heterocycles. The summed E-state index contributed by atoms with van der Waals surface area (Å²) >= 11 is 0. The number of rotatable bonds is 3. The van der Waals surface area contributed by atoms with E-state index in [9.17, 15) is 9.59 Å². The molecule has 1 aromatic carbocycles. The van der Waals surface area contributed by atoms with E-state index in [0.717, 1.165) is 31.4 Å². The monoisotopic (exact) mass is 381 g/mol. The molecule has 2 aliphatic rings. The van der Waals surface area contributed by atoms with Crippen molar-refractivity contribution < 1.29 is 14.3 Å². The van der Waals surface area contributed by atoms with Crippen molar-refractivity contribution in [3.8, 4) is 5.75 Å².